The maximum absolute atomic E-state index is 6.30. The Labute approximate surface area is 228 Å². The van der Waals surface area contributed by atoms with Crippen molar-refractivity contribution in [3.05, 3.63) is 70.8 Å². The summed E-state index contributed by atoms with van der Waals surface area (Å²) in [5, 5.41) is 17.1. The lowest BCUT2D eigenvalue weighted by Gasteiger charge is -2.45. The molecule has 3 heterocycles. The van der Waals surface area contributed by atoms with Crippen molar-refractivity contribution in [2.24, 2.45) is 5.41 Å². The molecule has 1 unspecified atom stereocenters. The van der Waals surface area contributed by atoms with Crippen molar-refractivity contribution in [2.45, 2.75) is 63.8 Å². The second-order valence-electron chi connectivity index (χ2n) is 12.0. The summed E-state index contributed by atoms with van der Waals surface area (Å²) in [6.07, 6.45) is 10.8. The molecule has 4 aliphatic rings. The van der Waals surface area contributed by atoms with Crippen molar-refractivity contribution in [3.63, 3.8) is 0 Å². The van der Waals surface area contributed by atoms with Crippen LogP contribution in [0.1, 0.15) is 54.4 Å². The van der Waals surface area contributed by atoms with Gasteiger partial charge in [-0.25, -0.2) is 0 Å². The first-order valence-corrected chi connectivity index (χ1v) is 14.4. The van der Waals surface area contributed by atoms with Gasteiger partial charge in [0.05, 0.1) is 5.69 Å². The number of nitrogens with two attached hydrogens (primary N) is 1. The van der Waals surface area contributed by atoms with E-state index < -0.39 is 0 Å². The minimum absolute atomic E-state index is 0.293. The molecular weight excluding hydrogens is 484 g/mol. The van der Waals surface area contributed by atoms with Gasteiger partial charge in [-0.2, -0.15) is 9.67 Å². The van der Waals surface area contributed by atoms with Gasteiger partial charge in [-0.15, -0.1) is 15.3 Å². The first kappa shape index (κ1) is 23.1. The zero-order valence-electron chi connectivity index (χ0n) is 22.2. The first-order chi connectivity index (χ1) is 19.1. The van der Waals surface area contributed by atoms with Crippen molar-refractivity contribution in [3.8, 4) is 17.1 Å². The summed E-state index contributed by atoms with van der Waals surface area (Å²) in [5.41, 5.74) is 15.6. The number of hydrogen-bond donors (Lipinski definition) is 2. The molecule has 1 spiro atoms. The first-order valence-electron chi connectivity index (χ1n) is 14.4. The van der Waals surface area contributed by atoms with Gasteiger partial charge in [0.2, 0.25) is 11.9 Å². The summed E-state index contributed by atoms with van der Waals surface area (Å²) in [4.78, 5) is 7.23. The number of aromatic nitrogens is 5. The number of hydrogen-bond acceptors (Lipinski definition) is 7. The molecule has 8 rings (SSSR count). The number of benzene rings is 2. The van der Waals surface area contributed by atoms with E-state index in [1.807, 2.05) is 0 Å². The summed E-state index contributed by atoms with van der Waals surface area (Å²) in [5.74, 6) is 1.36. The topological polar surface area (TPSA) is 97.8 Å². The van der Waals surface area contributed by atoms with Gasteiger partial charge >= 0.3 is 0 Å². The van der Waals surface area contributed by atoms with Crippen LogP contribution in [0.25, 0.3) is 17.1 Å². The van der Waals surface area contributed by atoms with E-state index in [0.717, 1.165) is 54.9 Å². The molecule has 1 saturated carbocycles. The Bertz CT molecular complexity index is 1560. The summed E-state index contributed by atoms with van der Waals surface area (Å²) >= 11 is 0. The molecule has 4 aromatic rings. The molecule has 0 radical (unpaired) electrons. The summed E-state index contributed by atoms with van der Waals surface area (Å²) in [6.45, 7) is 2.66. The lowest BCUT2D eigenvalue weighted by atomic mass is 9.92. The Hall–Kier alpha value is -3.78. The third kappa shape index (κ3) is 4.18. The Kier molecular flexibility index (Phi) is 5.27. The SMILES string of the molecule is Nc1nc(Nc2ccc3c(c2)CCC(N2CC4(CC4)C2)CC3)nn1-c1cc2c(nn1)-c1ccccc1CCC2. The third-order valence-corrected chi connectivity index (χ3v) is 9.38. The zero-order chi connectivity index (χ0) is 26.0. The highest BCUT2D eigenvalue weighted by Gasteiger charge is 2.53. The number of aryl methyl sites for hydroxylation is 4. The number of nitrogen functional groups attached to an aromatic ring is 1. The van der Waals surface area contributed by atoms with Crippen molar-refractivity contribution >= 4 is 17.6 Å². The predicted molar refractivity (Wildman–Crippen MR) is 152 cm³/mol. The van der Waals surface area contributed by atoms with E-state index in [2.05, 4.69) is 79.0 Å². The Morgan fingerprint density at radius 3 is 2.54 bits per heavy atom. The van der Waals surface area contributed by atoms with Gasteiger partial charge in [-0.1, -0.05) is 30.3 Å². The van der Waals surface area contributed by atoms with Crippen LogP contribution < -0.4 is 11.1 Å². The molecule has 1 aliphatic heterocycles. The Balaban J connectivity index is 1.00. The molecule has 39 heavy (non-hydrogen) atoms. The van der Waals surface area contributed by atoms with E-state index in [0.29, 0.717) is 17.7 Å². The van der Waals surface area contributed by atoms with E-state index in [9.17, 15) is 0 Å². The van der Waals surface area contributed by atoms with E-state index in [1.54, 1.807) is 4.68 Å². The van der Waals surface area contributed by atoms with Crippen LogP contribution in [0.2, 0.25) is 0 Å². The van der Waals surface area contributed by atoms with E-state index in [4.69, 9.17) is 5.73 Å². The van der Waals surface area contributed by atoms with Gasteiger partial charge in [0.15, 0.2) is 5.82 Å². The fourth-order valence-corrected chi connectivity index (χ4v) is 6.95. The standard InChI is InChI=1S/C31H34N8/c32-29-34-30(37-39(29)27-17-23-6-3-5-21-4-1-2-7-26(21)28(23)36-35-27)33-24-11-8-20-9-12-25(13-10-22(20)16-24)38-18-31(19-38)14-15-31/h1-2,4,7-8,11,16-17,25H,3,5-6,9-10,12-15,18-19H2,(H3,32,33,34,37). The lowest BCUT2D eigenvalue weighted by Crippen LogP contribution is -2.53. The second kappa shape index (κ2) is 8.88. The fraction of sp³-hybridized carbons (Fsp3) is 0.419. The molecular formula is C31H34N8. The number of rotatable bonds is 4. The third-order valence-electron chi connectivity index (χ3n) is 9.38. The molecule has 3 N–H and O–H groups in total. The van der Waals surface area contributed by atoms with Gasteiger partial charge in [0, 0.05) is 30.4 Å². The molecule has 8 heteroatoms. The summed E-state index contributed by atoms with van der Waals surface area (Å²) < 4.78 is 1.58. The molecule has 2 aromatic heterocycles. The molecule has 1 atom stereocenters. The average molecular weight is 519 g/mol. The maximum Gasteiger partial charge on any atom is 0.248 e. The smallest absolute Gasteiger partial charge is 0.248 e. The van der Waals surface area contributed by atoms with Gasteiger partial charge in [0.1, 0.15) is 0 Å². The minimum Gasteiger partial charge on any atom is -0.368 e. The van der Waals surface area contributed by atoms with Gasteiger partial charge in [-0.3, -0.25) is 4.90 Å². The normalized spacial score (nSPS) is 21.2. The Morgan fingerprint density at radius 1 is 0.846 bits per heavy atom. The highest BCUT2D eigenvalue weighted by molar-refractivity contribution is 5.68. The number of nitrogens with zero attached hydrogens (tertiary/aromatic N) is 6. The van der Waals surface area contributed by atoms with Crippen LogP contribution in [0.4, 0.5) is 17.6 Å². The average Bonchev–Trinajstić information content (AvgIpc) is 3.71. The van der Waals surface area contributed by atoms with Crippen LogP contribution in [0.5, 0.6) is 0 Å². The van der Waals surface area contributed by atoms with Crippen molar-refractivity contribution in [2.75, 3.05) is 24.1 Å². The van der Waals surface area contributed by atoms with Crippen molar-refractivity contribution in [1.82, 2.24) is 29.9 Å². The molecule has 0 amide bonds. The molecule has 3 aliphatic carbocycles. The Morgan fingerprint density at radius 2 is 1.67 bits per heavy atom. The lowest BCUT2D eigenvalue weighted by molar-refractivity contribution is 0.0301. The quantitative estimate of drug-likeness (QED) is 0.372. The second-order valence-corrected chi connectivity index (χ2v) is 12.0. The highest BCUT2D eigenvalue weighted by Crippen LogP contribution is 2.54. The van der Waals surface area contributed by atoms with Gasteiger partial charge in [0.25, 0.3) is 0 Å². The predicted octanol–water partition coefficient (Wildman–Crippen LogP) is 4.88. The number of anilines is 3. The van der Waals surface area contributed by atoms with Crippen LogP contribution in [0.3, 0.4) is 0 Å². The maximum atomic E-state index is 6.30. The van der Waals surface area contributed by atoms with E-state index in [1.165, 1.54) is 66.6 Å². The van der Waals surface area contributed by atoms with Crippen LogP contribution in [0, 0.1) is 5.41 Å². The zero-order valence-corrected chi connectivity index (χ0v) is 22.2. The van der Waals surface area contributed by atoms with Crippen molar-refractivity contribution < 1.29 is 0 Å². The van der Waals surface area contributed by atoms with Gasteiger partial charge < -0.3 is 11.1 Å². The molecule has 1 saturated heterocycles. The number of likely N-dealkylation sites (tertiary alicyclic amines) is 1. The highest BCUT2D eigenvalue weighted by atomic mass is 15.4. The van der Waals surface area contributed by atoms with E-state index >= 15 is 0 Å². The van der Waals surface area contributed by atoms with Crippen LogP contribution >= 0.6 is 0 Å². The molecule has 8 nitrogen and oxygen atoms in total. The summed E-state index contributed by atoms with van der Waals surface area (Å²) in [6, 6.07) is 17.9. The summed E-state index contributed by atoms with van der Waals surface area (Å²) in [7, 11) is 0. The molecule has 2 fully saturated rings. The number of nitrogens with one attached hydrogen (secondary N) is 1. The van der Waals surface area contributed by atoms with Crippen LogP contribution in [0.15, 0.2) is 48.5 Å². The molecule has 198 valence electrons. The molecule has 0 bridgehead atoms. The van der Waals surface area contributed by atoms with E-state index in [-0.39, 0.29) is 0 Å². The van der Waals surface area contributed by atoms with Crippen LogP contribution in [-0.2, 0) is 25.7 Å². The van der Waals surface area contributed by atoms with Crippen molar-refractivity contribution in [1.29, 1.82) is 0 Å². The molecule has 2 aromatic carbocycles. The minimum atomic E-state index is 0.293. The largest absolute Gasteiger partial charge is 0.368 e. The fourth-order valence-electron chi connectivity index (χ4n) is 6.95. The van der Waals surface area contributed by atoms with Crippen LogP contribution in [-0.4, -0.2) is 49.0 Å². The monoisotopic (exact) mass is 518 g/mol. The number of fused-ring (bicyclic) bond motifs is 4. The van der Waals surface area contributed by atoms with Gasteiger partial charge in [-0.05, 0) is 104 Å².